The third-order valence-corrected chi connectivity index (χ3v) is 4.07. The van der Waals surface area contributed by atoms with Gasteiger partial charge in [-0.1, -0.05) is 30.5 Å². The molecule has 0 fully saturated rings. The number of ether oxygens (including phenoxy) is 2. The molecule has 0 aliphatic carbocycles. The van der Waals surface area contributed by atoms with E-state index in [2.05, 4.69) is 16.6 Å². The van der Waals surface area contributed by atoms with E-state index in [1.54, 1.807) is 12.1 Å². The molecule has 1 atom stereocenters. The van der Waals surface area contributed by atoms with Crippen molar-refractivity contribution >= 4 is 28.9 Å². The van der Waals surface area contributed by atoms with Gasteiger partial charge in [-0.15, -0.1) is 0 Å². The standard InChI is InChI=1S/C19H16O6/c1-23-15(20)11-5-3-2-4-9-13-16-12-8-6-7-10-14(12)24-17(16)19(22)25-18(13)21/h6-8,10,13H,2-4,9H2,1H3. The van der Waals surface area contributed by atoms with Crippen molar-refractivity contribution in [1.29, 1.82) is 0 Å². The Hall–Kier alpha value is -3.07. The van der Waals surface area contributed by atoms with Gasteiger partial charge in [0, 0.05) is 23.3 Å². The molecule has 0 spiro atoms. The number of esters is 3. The molecule has 6 nitrogen and oxygen atoms in total. The first-order chi connectivity index (χ1) is 12.1. The minimum absolute atomic E-state index is 0.108. The molecule has 0 saturated heterocycles. The summed E-state index contributed by atoms with van der Waals surface area (Å²) >= 11 is 0. The number of carbonyl (C=O) groups is 3. The summed E-state index contributed by atoms with van der Waals surface area (Å²) in [5, 5.41) is 0.762. The molecule has 0 bridgehead atoms. The molecule has 2 aromatic rings. The number of methoxy groups -OCH3 is 1. The highest BCUT2D eigenvalue weighted by Gasteiger charge is 2.38. The Morgan fingerprint density at radius 1 is 1.24 bits per heavy atom. The van der Waals surface area contributed by atoms with Crippen LogP contribution in [0.5, 0.6) is 0 Å². The average molecular weight is 340 g/mol. The smallest absolute Gasteiger partial charge is 0.384 e. The van der Waals surface area contributed by atoms with Crippen molar-refractivity contribution in [3.8, 4) is 11.8 Å². The van der Waals surface area contributed by atoms with Crippen LogP contribution in [0.4, 0.5) is 0 Å². The lowest BCUT2D eigenvalue weighted by molar-refractivity contribution is -0.141. The van der Waals surface area contributed by atoms with Crippen LogP contribution in [-0.2, 0) is 19.1 Å². The number of para-hydroxylation sites is 1. The number of hydrogen-bond acceptors (Lipinski definition) is 6. The summed E-state index contributed by atoms with van der Waals surface area (Å²) in [6.45, 7) is 0. The Kier molecular flexibility index (Phi) is 4.85. The van der Waals surface area contributed by atoms with Crippen LogP contribution in [0.1, 0.15) is 47.7 Å². The second kappa shape index (κ2) is 7.22. The first-order valence-electron chi connectivity index (χ1n) is 7.96. The van der Waals surface area contributed by atoms with Gasteiger partial charge >= 0.3 is 17.9 Å². The highest BCUT2D eigenvalue weighted by atomic mass is 16.6. The van der Waals surface area contributed by atoms with Crippen molar-refractivity contribution in [3.63, 3.8) is 0 Å². The van der Waals surface area contributed by atoms with E-state index in [1.165, 1.54) is 7.11 Å². The van der Waals surface area contributed by atoms with Crippen LogP contribution in [0.3, 0.4) is 0 Å². The van der Waals surface area contributed by atoms with E-state index in [0.29, 0.717) is 36.8 Å². The van der Waals surface area contributed by atoms with Gasteiger partial charge < -0.3 is 13.9 Å². The van der Waals surface area contributed by atoms with E-state index in [4.69, 9.17) is 9.15 Å². The van der Waals surface area contributed by atoms with E-state index >= 15 is 0 Å². The van der Waals surface area contributed by atoms with Crippen molar-refractivity contribution in [2.24, 2.45) is 0 Å². The summed E-state index contributed by atoms with van der Waals surface area (Å²) in [5.74, 6) is 2.80. The van der Waals surface area contributed by atoms with E-state index < -0.39 is 23.8 Å². The van der Waals surface area contributed by atoms with Crippen LogP contribution >= 0.6 is 0 Å². The van der Waals surface area contributed by atoms with Crippen molar-refractivity contribution in [2.75, 3.05) is 7.11 Å². The monoisotopic (exact) mass is 340 g/mol. The Morgan fingerprint density at radius 2 is 2.04 bits per heavy atom. The van der Waals surface area contributed by atoms with Gasteiger partial charge in [0.15, 0.2) is 0 Å². The molecule has 0 saturated carbocycles. The Morgan fingerprint density at radius 3 is 2.84 bits per heavy atom. The average Bonchev–Trinajstić information content (AvgIpc) is 3.00. The van der Waals surface area contributed by atoms with Gasteiger partial charge in [-0.2, -0.15) is 0 Å². The zero-order chi connectivity index (χ0) is 17.8. The molecular weight excluding hydrogens is 324 g/mol. The second-order valence-corrected chi connectivity index (χ2v) is 5.64. The molecular formula is C19H16O6. The molecule has 1 aliphatic rings. The molecule has 128 valence electrons. The summed E-state index contributed by atoms with van der Waals surface area (Å²) in [4.78, 5) is 35.0. The fraction of sp³-hybridized carbons (Fsp3) is 0.316. The normalized spacial score (nSPS) is 16.0. The molecule has 1 aliphatic heterocycles. The van der Waals surface area contributed by atoms with Gasteiger partial charge in [-0.25, -0.2) is 9.59 Å². The lowest BCUT2D eigenvalue weighted by atomic mass is 9.89. The van der Waals surface area contributed by atoms with Gasteiger partial charge in [-0.05, 0) is 18.9 Å². The molecule has 1 unspecified atom stereocenters. The quantitative estimate of drug-likeness (QED) is 0.280. The van der Waals surface area contributed by atoms with Gasteiger partial charge in [-0.3, -0.25) is 4.79 Å². The maximum atomic E-state index is 12.2. The molecule has 1 aromatic carbocycles. The Labute approximate surface area is 144 Å². The van der Waals surface area contributed by atoms with Crippen LogP contribution in [0.25, 0.3) is 11.0 Å². The zero-order valence-corrected chi connectivity index (χ0v) is 13.7. The van der Waals surface area contributed by atoms with Gasteiger partial charge in [0.05, 0.1) is 13.0 Å². The van der Waals surface area contributed by atoms with Crippen molar-refractivity contribution < 1.29 is 28.3 Å². The van der Waals surface area contributed by atoms with Crippen LogP contribution in [0, 0.1) is 11.8 Å². The predicted molar refractivity (Wildman–Crippen MR) is 87.6 cm³/mol. The number of carbonyl (C=O) groups excluding carboxylic acids is 3. The van der Waals surface area contributed by atoms with Crippen LogP contribution in [0.2, 0.25) is 0 Å². The topological polar surface area (TPSA) is 82.8 Å². The maximum absolute atomic E-state index is 12.2. The Bertz CT molecular complexity index is 896. The van der Waals surface area contributed by atoms with Gasteiger partial charge in [0.2, 0.25) is 5.76 Å². The number of hydrogen-bond donors (Lipinski definition) is 0. The third kappa shape index (κ3) is 3.41. The number of fused-ring (bicyclic) bond motifs is 3. The molecule has 3 rings (SSSR count). The highest BCUT2D eigenvalue weighted by Crippen LogP contribution is 2.38. The summed E-state index contributed by atoms with van der Waals surface area (Å²) in [5.41, 5.74) is 1.17. The van der Waals surface area contributed by atoms with Gasteiger partial charge in [0.25, 0.3) is 0 Å². The van der Waals surface area contributed by atoms with Crippen LogP contribution < -0.4 is 0 Å². The molecule has 1 aromatic heterocycles. The first-order valence-corrected chi connectivity index (χ1v) is 7.96. The van der Waals surface area contributed by atoms with E-state index in [1.807, 2.05) is 12.1 Å². The maximum Gasteiger partial charge on any atom is 0.384 e. The fourth-order valence-electron chi connectivity index (χ4n) is 2.90. The second-order valence-electron chi connectivity index (χ2n) is 5.64. The number of cyclic esters (lactones) is 2. The van der Waals surface area contributed by atoms with E-state index in [9.17, 15) is 14.4 Å². The minimum atomic E-state index is -0.739. The summed E-state index contributed by atoms with van der Waals surface area (Å²) in [7, 11) is 1.28. The highest BCUT2D eigenvalue weighted by molar-refractivity contribution is 6.07. The SMILES string of the molecule is COC(=O)C#CCCCCC1C(=O)OC(=O)c2oc3ccccc3c21. The number of unbranched alkanes of at least 4 members (excludes halogenated alkanes) is 2. The van der Waals surface area contributed by atoms with Crippen molar-refractivity contribution in [2.45, 2.75) is 31.6 Å². The fourth-order valence-corrected chi connectivity index (χ4v) is 2.90. The largest absolute Gasteiger partial charge is 0.459 e. The molecule has 0 radical (unpaired) electrons. The summed E-state index contributed by atoms with van der Waals surface area (Å²) < 4.78 is 14.8. The molecule has 6 heteroatoms. The predicted octanol–water partition coefficient (Wildman–Crippen LogP) is 2.95. The molecule has 0 N–H and O–H groups in total. The zero-order valence-electron chi connectivity index (χ0n) is 13.7. The van der Waals surface area contributed by atoms with Crippen LogP contribution in [0.15, 0.2) is 28.7 Å². The van der Waals surface area contributed by atoms with E-state index in [0.717, 1.165) is 5.39 Å². The van der Waals surface area contributed by atoms with Gasteiger partial charge in [0.1, 0.15) is 5.58 Å². The van der Waals surface area contributed by atoms with Crippen LogP contribution in [-0.4, -0.2) is 25.0 Å². The number of benzene rings is 1. The van der Waals surface area contributed by atoms with Crippen molar-refractivity contribution in [1.82, 2.24) is 0 Å². The number of furan rings is 1. The molecule has 25 heavy (non-hydrogen) atoms. The summed E-state index contributed by atoms with van der Waals surface area (Å²) in [6, 6.07) is 7.23. The minimum Gasteiger partial charge on any atom is -0.459 e. The molecule has 0 amide bonds. The number of rotatable bonds is 4. The lowest BCUT2D eigenvalue weighted by Crippen LogP contribution is -2.26. The third-order valence-electron chi connectivity index (χ3n) is 4.07. The van der Waals surface area contributed by atoms with E-state index in [-0.39, 0.29) is 5.76 Å². The molecule has 2 heterocycles. The van der Waals surface area contributed by atoms with Crippen molar-refractivity contribution in [3.05, 3.63) is 35.6 Å². The Balaban J connectivity index is 1.73. The summed E-state index contributed by atoms with van der Waals surface area (Å²) in [6.07, 6.45) is 2.45. The lowest BCUT2D eigenvalue weighted by Gasteiger charge is -2.19. The first kappa shape index (κ1) is 16.8.